The second kappa shape index (κ2) is 12.7. The Morgan fingerprint density at radius 3 is 2.06 bits per heavy atom. The Labute approximate surface area is 113 Å². The van der Waals surface area contributed by atoms with Crippen molar-refractivity contribution in [3.8, 4) is 0 Å². The maximum absolute atomic E-state index is 11.4. The number of nitrogens with one attached hydrogen (secondary N) is 1. The molecule has 0 spiro atoms. The van der Waals surface area contributed by atoms with E-state index in [4.69, 9.17) is 0 Å². The topological polar surface area (TPSA) is 29.1 Å². The van der Waals surface area contributed by atoms with E-state index in [1.807, 2.05) is 0 Å². The molecule has 0 saturated carbocycles. The SMILES string of the molecule is C=CC(=O)NC(CCCCC)CCCCCCC. The molecule has 2 nitrogen and oxygen atoms in total. The van der Waals surface area contributed by atoms with E-state index in [0.717, 1.165) is 12.8 Å². The Morgan fingerprint density at radius 2 is 1.50 bits per heavy atom. The molecule has 0 aliphatic heterocycles. The van der Waals surface area contributed by atoms with Gasteiger partial charge in [-0.15, -0.1) is 0 Å². The second-order valence-corrected chi connectivity index (χ2v) is 5.11. The van der Waals surface area contributed by atoms with Crippen molar-refractivity contribution in [2.75, 3.05) is 0 Å². The summed E-state index contributed by atoms with van der Waals surface area (Å²) in [7, 11) is 0. The van der Waals surface area contributed by atoms with E-state index in [0.29, 0.717) is 6.04 Å². The third-order valence-electron chi connectivity index (χ3n) is 3.34. The first kappa shape index (κ1) is 17.2. The Hall–Kier alpha value is -0.790. The van der Waals surface area contributed by atoms with Gasteiger partial charge in [0.05, 0.1) is 0 Å². The highest BCUT2D eigenvalue weighted by Crippen LogP contribution is 2.12. The third-order valence-corrected chi connectivity index (χ3v) is 3.34. The molecule has 106 valence electrons. The summed E-state index contributed by atoms with van der Waals surface area (Å²) in [4.78, 5) is 11.4. The van der Waals surface area contributed by atoms with E-state index in [2.05, 4.69) is 25.7 Å². The minimum Gasteiger partial charge on any atom is -0.350 e. The van der Waals surface area contributed by atoms with Gasteiger partial charge in [-0.05, 0) is 18.9 Å². The van der Waals surface area contributed by atoms with Gasteiger partial charge in [-0.25, -0.2) is 0 Å². The molecule has 18 heavy (non-hydrogen) atoms. The summed E-state index contributed by atoms with van der Waals surface area (Å²) in [5.41, 5.74) is 0. The van der Waals surface area contributed by atoms with Gasteiger partial charge in [0.2, 0.25) is 5.91 Å². The van der Waals surface area contributed by atoms with Gasteiger partial charge in [0.1, 0.15) is 0 Å². The lowest BCUT2D eigenvalue weighted by atomic mass is 10.0. The molecule has 1 unspecified atom stereocenters. The molecule has 0 bridgehead atoms. The number of carbonyl (C=O) groups is 1. The number of carbonyl (C=O) groups excluding carboxylic acids is 1. The third kappa shape index (κ3) is 10.4. The molecule has 0 radical (unpaired) electrons. The molecule has 2 heteroatoms. The molecule has 1 N–H and O–H groups in total. The molecule has 0 aliphatic carbocycles. The first-order chi connectivity index (χ1) is 8.74. The fraction of sp³-hybridized carbons (Fsp3) is 0.812. The van der Waals surface area contributed by atoms with Crippen LogP contribution in [0, 0.1) is 0 Å². The molecule has 0 aliphatic rings. The number of unbranched alkanes of at least 4 members (excludes halogenated alkanes) is 6. The highest BCUT2D eigenvalue weighted by molar-refractivity contribution is 5.87. The highest BCUT2D eigenvalue weighted by Gasteiger charge is 2.09. The van der Waals surface area contributed by atoms with Gasteiger partial charge in [-0.1, -0.05) is 71.8 Å². The molecular formula is C16H31NO. The van der Waals surface area contributed by atoms with E-state index < -0.39 is 0 Å². The molecule has 0 fully saturated rings. The fourth-order valence-corrected chi connectivity index (χ4v) is 2.18. The van der Waals surface area contributed by atoms with E-state index in [1.165, 1.54) is 57.4 Å². The quantitative estimate of drug-likeness (QED) is 0.400. The van der Waals surface area contributed by atoms with Gasteiger partial charge in [0.25, 0.3) is 0 Å². The maximum Gasteiger partial charge on any atom is 0.243 e. The van der Waals surface area contributed by atoms with Gasteiger partial charge in [0, 0.05) is 6.04 Å². The lowest BCUT2D eigenvalue weighted by Gasteiger charge is -2.17. The van der Waals surface area contributed by atoms with E-state index in [9.17, 15) is 4.79 Å². The second-order valence-electron chi connectivity index (χ2n) is 5.11. The van der Waals surface area contributed by atoms with Gasteiger partial charge in [-0.2, -0.15) is 0 Å². The van der Waals surface area contributed by atoms with Crippen LogP contribution in [0.3, 0.4) is 0 Å². The van der Waals surface area contributed by atoms with Crippen molar-refractivity contribution in [2.45, 2.75) is 84.1 Å². The van der Waals surface area contributed by atoms with E-state index in [-0.39, 0.29) is 5.91 Å². The average molecular weight is 253 g/mol. The molecule has 0 aromatic heterocycles. The van der Waals surface area contributed by atoms with E-state index in [1.54, 1.807) is 0 Å². The minimum absolute atomic E-state index is 0.0231. The van der Waals surface area contributed by atoms with Crippen LogP contribution in [0.4, 0.5) is 0 Å². The van der Waals surface area contributed by atoms with Crippen molar-refractivity contribution in [2.24, 2.45) is 0 Å². The van der Waals surface area contributed by atoms with Crippen LogP contribution in [-0.4, -0.2) is 11.9 Å². The first-order valence-corrected chi connectivity index (χ1v) is 7.67. The van der Waals surface area contributed by atoms with Crippen molar-refractivity contribution in [1.29, 1.82) is 0 Å². The summed E-state index contributed by atoms with van der Waals surface area (Å²) in [6, 6.07) is 0.351. The standard InChI is InChI=1S/C16H31NO/c1-4-7-9-10-12-14-15(13-11-8-5-2)17-16(18)6-3/h6,15H,3-5,7-14H2,1-2H3,(H,17,18). The summed E-state index contributed by atoms with van der Waals surface area (Å²) < 4.78 is 0. The maximum atomic E-state index is 11.4. The zero-order chi connectivity index (χ0) is 13.6. The predicted molar refractivity (Wildman–Crippen MR) is 79.6 cm³/mol. The molecule has 1 atom stereocenters. The summed E-state index contributed by atoms with van der Waals surface area (Å²) in [5.74, 6) is -0.0231. The first-order valence-electron chi connectivity index (χ1n) is 7.67. The molecule has 1 amide bonds. The molecule has 0 aromatic carbocycles. The Morgan fingerprint density at radius 1 is 1.00 bits per heavy atom. The van der Waals surface area contributed by atoms with Crippen LogP contribution in [0.2, 0.25) is 0 Å². The molecule has 0 heterocycles. The van der Waals surface area contributed by atoms with Crippen LogP contribution in [0.15, 0.2) is 12.7 Å². The normalized spacial score (nSPS) is 12.1. The number of rotatable bonds is 12. The van der Waals surface area contributed by atoms with Crippen LogP contribution < -0.4 is 5.32 Å². The fourth-order valence-electron chi connectivity index (χ4n) is 2.18. The van der Waals surface area contributed by atoms with E-state index >= 15 is 0 Å². The van der Waals surface area contributed by atoms with Crippen LogP contribution in [-0.2, 0) is 4.79 Å². The van der Waals surface area contributed by atoms with Crippen molar-refractivity contribution in [3.63, 3.8) is 0 Å². The average Bonchev–Trinajstić information content (AvgIpc) is 2.38. The summed E-state index contributed by atoms with van der Waals surface area (Å²) in [6.45, 7) is 7.96. The van der Waals surface area contributed by atoms with Crippen molar-refractivity contribution in [3.05, 3.63) is 12.7 Å². The lowest BCUT2D eigenvalue weighted by Crippen LogP contribution is -2.33. The summed E-state index contributed by atoms with van der Waals surface area (Å²) in [6.07, 6.45) is 13.8. The smallest absolute Gasteiger partial charge is 0.243 e. The number of hydrogen-bond acceptors (Lipinski definition) is 1. The predicted octanol–water partition coefficient (Wildman–Crippen LogP) is 4.60. The minimum atomic E-state index is -0.0231. The molecule has 0 saturated heterocycles. The number of hydrogen-bond donors (Lipinski definition) is 1. The Balaban J connectivity index is 3.80. The van der Waals surface area contributed by atoms with Crippen molar-refractivity contribution in [1.82, 2.24) is 5.32 Å². The van der Waals surface area contributed by atoms with Crippen LogP contribution >= 0.6 is 0 Å². The van der Waals surface area contributed by atoms with Crippen LogP contribution in [0.25, 0.3) is 0 Å². The van der Waals surface area contributed by atoms with Gasteiger partial charge in [-0.3, -0.25) is 4.79 Å². The van der Waals surface area contributed by atoms with Gasteiger partial charge < -0.3 is 5.32 Å². The van der Waals surface area contributed by atoms with Crippen LogP contribution in [0.5, 0.6) is 0 Å². The zero-order valence-corrected chi connectivity index (χ0v) is 12.3. The Kier molecular flexibility index (Phi) is 12.1. The summed E-state index contributed by atoms with van der Waals surface area (Å²) in [5, 5.41) is 3.06. The monoisotopic (exact) mass is 253 g/mol. The van der Waals surface area contributed by atoms with Gasteiger partial charge >= 0.3 is 0 Å². The van der Waals surface area contributed by atoms with Crippen molar-refractivity contribution < 1.29 is 4.79 Å². The molecule has 0 aromatic rings. The Bertz CT molecular complexity index is 213. The highest BCUT2D eigenvalue weighted by atomic mass is 16.1. The lowest BCUT2D eigenvalue weighted by molar-refractivity contribution is -0.117. The summed E-state index contributed by atoms with van der Waals surface area (Å²) >= 11 is 0. The molecule has 0 rings (SSSR count). The zero-order valence-electron chi connectivity index (χ0n) is 12.3. The molecular weight excluding hydrogens is 222 g/mol. The van der Waals surface area contributed by atoms with Gasteiger partial charge in [0.15, 0.2) is 0 Å². The van der Waals surface area contributed by atoms with Crippen molar-refractivity contribution >= 4 is 5.91 Å². The number of amides is 1. The van der Waals surface area contributed by atoms with Crippen LogP contribution in [0.1, 0.15) is 78.1 Å². The largest absolute Gasteiger partial charge is 0.350 e.